The molecule has 0 radical (unpaired) electrons. The summed E-state index contributed by atoms with van der Waals surface area (Å²) in [5, 5.41) is 2.48. The lowest BCUT2D eigenvalue weighted by Crippen LogP contribution is -2.40. The van der Waals surface area contributed by atoms with E-state index in [1.165, 1.54) is 6.42 Å². The number of carbonyl (C=O) groups is 2. The van der Waals surface area contributed by atoms with E-state index in [2.05, 4.69) is 17.5 Å². The summed E-state index contributed by atoms with van der Waals surface area (Å²) in [5.74, 6) is 2.05. The molecule has 1 heterocycles. The summed E-state index contributed by atoms with van der Waals surface area (Å²) >= 11 is 0. The van der Waals surface area contributed by atoms with E-state index in [0.29, 0.717) is 23.7 Å². The Hall–Kier alpha value is -1.12. The van der Waals surface area contributed by atoms with Crippen molar-refractivity contribution in [3.05, 3.63) is 12.2 Å². The fraction of sp³-hybridized carbons (Fsp3) is 0.636. The maximum Gasteiger partial charge on any atom is 0.231 e. The van der Waals surface area contributed by atoms with E-state index in [4.69, 9.17) is 0 Å². The molecule has 1 aliphatic heterocycles. The summed E-state index contributed by atoms with van der Waals surface area (Å²) in [6, 6.07) is 0. The van der Waals surface area contributed by atoms with Crippen molar-refractivity contribution in [3.63, 3.8) is 0 Å². The molecule has 3 fully saturated rings. The van der Waals surface area contributed by atoms with Gasteiger partial charge in [0.15, 0.2) is 0 Å². The minimum Gasteiger partial charge on any atom is -0.296 e. The Morgan fingerprint density at radius 1 is 1.00 bits per heavy atom. The Kier molecular flexibility index (Phi) is 1.00. The van der Waals surface area contributed by atoms with Crippen molar-refractivity contribution in [1.29, 1.82) is 0 Å². The number of hydrogen-bond donors (Lipinski definition) is 1. The predicted octanol–water partition coefficient (Wildman–Crippen LogP) is 0.327. The first kappa shape index (κ1) is 7.21. The summed E-state index contributed by atoms with van der Waals surface area (Å²) in [5.41, 5.74) is 0. The van der Waals surface area contributed by atoms with Crippen LogP contribution in [0.2, 0.25) is 0 Å². The van der Waals surface area contributed by atoms with E-state index >= 15 is 0 Å². The zero-order valence-corrected chi connectivity index (χ0v) is 7.64. The maximum absolute atomic E-state index is 11.6. The molecule has 2 amide bonds. The van der Waals surface area contributed by atoms with Gasteiger partial charge in [0.25, 0.3) is 0 Å². The third kappa shape index (κ3) is 0.606. The molecule has 0 spiro atoms. The van der Waals surface area contributed by atoms with Crippen LogP contribution in [0.25, 0.3) is 0 Å². The summed E-state index contributed by atoms with van der Waals surface area (Å²) in [4.78, 5) is 23.2. The van der Waals surface area contributed by atoms with E-state index in [9.17, 15) is 9.59 Å². The van der Waals surface area contributed by atoms with Crippen molar-refractivity contribution in [2.45, 2.75) is 6.42 Å². The van der Waals surface area contributed by atoms with Gasteiger partial charge < -0.3 is 0 Å². The van der Waals surface area contributed by atoms with Crippen molar-refractivity contribution in [2.24, 2.45) is 35.5 Å². The normalized spacial score (nSPS) is 56.9. The zero-order chi connectivity index (χ0) is 9.45. The molecule has 2 saturated carbocycles. The highest BCUT2D eigenvalue weighted by molar-refractivity contribution is 6.06. The Balaban J connectivity index is 1.88. The van der Waals surface area contributed by atoms with E-state index in [-0.39, 0.29) is 23.7 Å². The molecule has 4 aliphatic carbocycles. The summed E-state index contributed by atoms with van der Waals surface area (Å²) in [6.07, 6.45) is 5.59. The molecule has 72 valence electrons. The van der Waals surface area contributed by atoms with Crippen molar-refractivity contribution in [1.82, 2.24) is 5.32 Å². The van der Waals surface area contributed by atoms with Crippen LogP contribution in [0.5, 0.6) is 0 Å². The standard InChI is InChI=1S/C11H11NO2/c13-10-8-4-1-2-5(7-3-6(4)7)9(8)11(14)12-10/h1-2,4-9H,3H2,(H,12,13,14)/t4-,5-,6+,7+,8+,9+/m0/s1. The molecule has 0 aromatic carbocycles. The van der Waals surface area contributed by atoms with Crippen molar-refractivity contribution in [3.8, 4) is 0 Å². The van der Waals surface area contributed by atoms with E-state index < -0.39 is 0 Å². The Morgan fingerprint density at radius 3 is 2.00 bits per heavy atom. The first-order chi connectivity index (χ1) is 6.77. The van der Waals surface area contributed by atoms with Gasteiger partial charge in [0.1, 0.15) is 0 Å². The highest BCUT2D eigenvalue weighted by atomic mass is 16.2. The number of nitrogens with one attached hydrogen (secondary N) is 1. The molecule has 0 unspecified atom stereocenters. The van der Waals surface area contributed by atoms with Crippen molar-refractivity contribution >= 4 is 11.8 Å². The second-order valence-corrected chi connectivity index (χ2v) is 5.01. The first-order valence-electron chi connectivity index (χ1n) is 5.30. The molecule has 3 heteroatoms. The third-order valence-corrected chi connectivity index (χ3v) is 4.50. The molecule has 14 heavy (non-hydrogen) atoms. The molecule has 3 nitrogen and oxygen atoms in total. The largest absolute Gasteiger partial charge is 0.296 e. The third-order valence-electron chi connectivity index (χ3n) is 4.50. The second kappa shape index (κ2) is 1.95. The molecular formula is C11H11NO2. The predicted molar refractivity (Wildman–Crippen MR) is 47.8 cm³/mol. The quantitative estimate of drug-likeness (QED) is 0.441. The Bertz CT molecular complexity index is 353. The van der Waals surface area contributed by atoms with Crippen LogP contribution in [0.15, 0.2) is 12.2 Å². The van der Waals surface area contributed by atoms with Gasteiger partial charge in [0.2, 0.25) is 11.8 Å². The minimum atomic E-state index is -0.0266. The van der Waals surface area contributed by atoms with E-state index in [1.54, 1.807) is 0 Å². The highest BCUT2D eigenvalue weighted by Gasteiger charge is 2.65. The van der Waals surface area contributed by atoms with Crippen LogP contribution in [0.4, 0.5) is 0 Å². The van der Waals surface area contributed by atoms with Crippen LogP contribution in [0.3, 0.4) is 0 Å². The highest BCUT2D eigenvalue weighted by Crippen LogP contribution is 2.64. The smallest absolute Gasteiger partial charge is 0.231 e. The lowest BCUT2D eigenvalue weighted by atomic mass is 9.63. The van der Waals surface area contributed by atoms with Crippen LogP contribution in [0.1, 0.15) is 6.42 Å². The SMILES string of the molecule is O=C1NC(=O)[C@@H]2[C@H]3C=C[C@@H]([C@H]4C[C@H]34)[C@@H]12. The van der Waals surface area contributed by atoms with Gasteiger partial charge in [-0.25, -0.2) is 0 Å². The molecule has 0 aromatic rings. The minimum absolute atomic E-state index is 0.0234. The van der Waals surface area contributed by atoms with Gasteiger partial charge in [-0.15, -0.1) is 0 Å². The molecule has 5 aliphatic rings. The summed E-state index contributed by atoms with van der Waals surface area (Å²) < 4.78 is 0. The zero-order valence-electron chi connectivity index (χ0n) is 7.64. The van der Waals surface area contributed by atoms with Gasteiger partial charge in [0, 0.05) is 0 Å². The number of hydrogen-bond acceptors (Lipinski definition) is 2. The van der Waals surface area contributed by atoms with E-state index in [1.807, 2.05) is 0 Å². The lowest BCUT2D eigenvalue weighted by Gasteiger charge is -2.37. The molecule has 2 bridgehead atoms. The van der Waals surface area contributed by atoms with Crippen LogP contribution < -0.4 is 5.32 Å². The number of carbonyl (C=O) groups excluding carboxylic acids is 2. The van der Waals surface area contributed by atoms with E-state index in [0.717, 1.165) is 0 Å². The van der Waals surface area contributed by atoms with Gasteiger partial charge in [-0.2, -0.15) is 0 Å². The van der Waals surface area contributed by atoms with Gasteiger partial charge >= 0.3 is 0 Å². The van der Waals surface area contributed by atoms with Gasteiger partial charge in [0.05, 0.1) is 11.8 Å². The molecule has 1 saturated heterocycles. The Labute approximate surface area is 81.5 Å². The Morgan fingerprint density at radius 2 is 1.50 bits per heavy atom. The lowest BCUT2D eigenvalue weighted by molar-refractivity contribution is -0.126. The van der Waals surface area contributed by atoms with Gasteiger partial charge in [-0.05, 0) is 30.1 Å². The van der Waals surface area contributed by atoms with Crippen LogP contribution >= 0.6 is 0 Å². The number of allylic oxidation sites excluding steroid dienone is 2. The monoisotopic (exact) mass is 189 g/mol. The number of amides is 2. The molecule has 0 aromatic heterocycles. The first-order valence-corrected chi connectivity index (χ1v) is 5.30. The van der Waals surface area contributed by atoms with Crippen LogP contribution in [-0.4, -0.2) is 11.8 Å². The maximum atomic E-state index is 11.6. The van der Waals surface area contributed by atoms with Crippen LogP contribution in [-0.2, 0) is 9.59 Å². The topological polar surface area (TPSA) is 46.2 Å². The fourth-order valence-corrected chi connectivity index (χ4v) is 3.88. The summed E-state index contributed by atoms with van der Waals surface area (Å²) in [7, 11) is 0. The molecule has 6 atom stereocenters. The van der Waals surface area contributed by atoms with Crippen molar-refractivity contribution < 1.29 is 9.59 Å². The van der Waals surface area contributed by atoms with Crippen LogP contribution in [0, 0.1) is 35.5 Å². The molecule has 5 rings (SSSR count). The van der Waals surface area contributed by atoms with Gasteiger partial charge in [-0.3, -0.25) is 14.9 Å². The number of rotatable bonds is 0. The fourth-order valence-electron chi connectivity index (χ4n) is 3.88. The second-order valence-electron chi connectivity index (χ2n) is 5.01. The van der Waals surface area contributed by atoms with Gasteiger partial charge in [-0.1, -0.05) is 12.2 Å². The average molecular weight is 189 g/mol. The number of imide groups is 1. The molecule has 1 N–H and O–H groups in total. The molecular weight excluding hydrogens is 178 g/mol. The average Bonchev–Trinajstić information content (AvgIpc) is 2.92. The summed E-state index contributed by atoms with van der Waals surface area (Å²) in [6.45, 7) is 0. The van der Waals surface area contributed by atoms with Crippen molar-refractivity contribution in [2.75, 3.05) is 0 Å².